The molecule has 1 saturated heterocycles. The highest BCUT2D eigenvalue weighted by Gasteiger charge is 2.26. The van der Waals surface area contributed by atoms with Crippen LogP contribution in [-0.4, -0.2) is 25.1 Å². The van der Waals surface area contributed by atoms with Crippen molar-refractivity contribution in [2.45, 2.75) is 26.2 Å². The summed E-state index contributed by atoms with van der Waals surface area (Å²) in [6.07, 6.45) is -1.22. The van der Waals surface area contributed by atoms with Crippen molar-refractivity contribution in [3.8, 4) is 11.5 Å². The van der Waals surface area contributed by atoms with Gasteiger partial charge in [-0.25, -0.2) is 0 Å². The molecule has 1 fully saturated rings. The fraction of sp³-hybridized carbons (Fsp3) is 0.368. The second-order valence-corrected chi connectivity index (χ2v) is 6.15. The molecule has 5 nitrogen and oxygen atoms in total. The Labute approximate surface area is 140 Å². The average molecular weight is 328 g/mol. The molecule has 2 aliphatic rings. The van der Waals surface area contributed by atoms with Crippen LogP contribution in [0.25, 0.3) is 0 Å². The van der Waals surface area contributed by atoms with Gasteiger partial charge in [-0.15, -0.1) is 0 Å². The summed E-state index contributed by atoms with van der Waals surface area (Å²) < 4.78 is 22.1. The first-order valence-electron chi connectivity index (χ1n) is 8.05. The van der Waals surface area contributed by atoms with Crippen LogP contribution in [0.1, 0.15) is 40.2 Å². The lowest BCUT2D eigenvalue weighted by atomic mass is 9.92. The molecule has 0 saturated carbocycles. The van der Waals surface area contributed by atoms with Gasteiger partial charge in [-0.05, 0) is 48.2 Å². The van der Waals surface area contributed by atoms with E-state index in [0.29, 0.717) is 24.7 Å². The van der Waals surface area contributed by atoms with E-state index in [1.165, 1.54) is 0 Å². The van der Waals surface area contributed by atoms with Gasteiger partial charge < -0.3 is 24.1 Å². The molecule has 2 aromatic rings. The summed E-state index contributed by atoms with van der Waals surface area (Å²) in [7, 11) is 0. The number of aliphatic hydroxyl groups excluding tert-OH is 1. The zero-order valence-corrected chi connectivity index (χ0v) is 13.7. The first-order chi connectivity index (χ1) is 11.6. The number of fused-ring (bicyclic) bond motifs is 1. The van der Waals surface area contributed by atoms with E-state index >= 15 is 0 Å². The fourth-order valence-corrected chi connectivity index (χ4v) is 3.10. The Bertz CT molecular complexity index is 765. The Kier molecular flexibility index (Phi) is 3.92. The first-order valence-corrected chi connectivity index (χ1v) is 8.05. The molecule has 0 radical (unpaired) electrons. The van der Waals surface area contributed by atoms with Crippen molar-refractivity contribution in [1.29, 1.82) is 0 Å². The molecule has 1 atom stereocenters. The van der Waals surface area contributed by atoms with Crippen molar-refractivity contribution < 1.29 is 24.1 Å². The lowest BCUT2D eigenvalue weighted by molar-refractivity contribution is -0.0457. The molecular formula is C19H20O5. The summed E-state index contributed by atoms with van der Waals surface area (Å²) in [5.74, 6) is 1.36. The van der Waals surface area contributed by atoms with Crippen LogP contribution >= 0.6 is 0 Å². The summed E-state index contributed by atoms with van der Waals surface area (Å²) in [5.41, 5.74) is 4.68. The topological polar surface area (TPSA) is 57.2 Å². The molecule has 2 aromatic carbocycles. The van der Waals surface area contributed by atoms with Crippen molar-refractivity contribution in [1.82, 2.24) is 0 Å². The van der Waals surface area contributed by atoms with Gasteiger partial charge in [-0.2, -0.15) is 0 Å². The zero-order valence-electron chi connectivity index (χ0n) is 13.7. The third-order valence-corrected chi connectivity index (χ3v) is 4.58. The molecule has 1 unspecified atom stereocenters. The number of ether oxygens (including phenoxy) is 4. The molecule has 0 amide bonds. The predicted octanol–water partition coefficient (Wildman–Crippen LogP) is 3.16. The molecule has 0 aromatic heterocycles. The Hall–Kier alpha value is -2.08. The highest BCUT2D eigenvalue weighted by atomic mass is 16.7. The second kappa shape index (κ2) is 6.09. The lowest BCUT2D eigenvalue weighted by Gasteiger charge is -2.21. The van der Waals surface area contributed by atoms with Gasteiger partial charge in [0.05, 0.1) is 13.2 Å². The van der Waals surface area contributed by atoms with E-state index in [2.05, 4.69) is 0 Å². The molecule has 1 N–H and O–H groups in total. The van der Waals surface area contributed by atoms with E-state index in [-0.39, 0.29) is 6.79 Å². The van der Waals surface area contributed by atoms with Crippen LogP contribution in [0, 0.1) is 13.8 Å². The zero-order chi connectivity index (χ0) is 16.7. The van der Waals surface area contributed by atoms with Gasteiger partial charge >= 0.3 is 0 Å². The summed E-state index contributed by atoms with van der Waals surface area (Å²) in [5, 5.41) is 11.0. The number of benzene rings is 2. The Balaban J connectivity index is 1.75. The highest BCUT2D eigenvalue weighted by Crippen LogP contribution is 2.38. The largest absolute Gasteiger partial charge is 0.454 e. The molecule has 126 valence electrons. The van der Waals surface area contributed by atoms with Crippen molar-refractivity contribution in [2.75, 3.05) is 20.0 Å². The molecule has 5 heteroatoms. The first kappa shape index (κ1) is 15.4. The van der Waals surface area contributed by atoms with Gasteiger partial charge in [0.1, 0.15) is 6.10 Å². The molecule has 0 spiro atoms. The number of rotatable bonds is 3. The molecule has 2 heterocycles. The quantitative estimate of drug-likeness (QED) is 0.938. The van der Waals surface area contributed by atoms with Crippen molar-refractivity contribution in [2.24, 2.45) is 0 Å². The van der Waals surface area contributed by atoms with Crippen LogP contribution in [0.15, 0.2) is 30.3 Å². The Morgan fingerprint density at radius 2 is 1.67 bits per heavy atom. The van der Waals surface area contributed by atoms with E-state index in [0.717, 1.165) is 27.8 Å². The van der Waals surface area contributed by atoms with Gasteiger partial charge in [0.15, 0.2) is 17.8 Å². The fourth-order valence-electron chi connectivity index (χ4n) is 3.10. The van der Waals surface area contributed by atoms with Gasteiger partial charge in [0.2, 0.25) is 6.79 Å². The number of aliphatic hydroxyl groups is 1. The molecular weight excluding hydrogens is 308 g/mol. The molecule has 0 bridgehead atoms. The maximum absolute atomic E-state index is 11.0. The van der Waals surface area contributed by atoms with Crippen LogP contribution in [0.3, 0.4) is 0 Å². The standard InChI is InChI=1S/C19H20O5/c1-11-7-14(15(8-12(11)2)19-21-5-6-22-19)18(20)13-3-4-16-17(9-13)24-10-23-16/h3-4,7-9,18-20H,5-6,10H2,1-2H3. The average Bonchev–Trinajstić information content (AvgIpc) is 3.26. The van der Waals surface area contributed by atoms with E-state index < -0.39 is 12.4 Å². The summed E-state index contributed by atoms with van der Waals surface area (Å²) in [4.78, 5) is 0. The van der Waals surface area contributed by atoms with E-state index in [9.17, 15) is 5.11 Å². The normalized spacial score (nSPS) is 18.1. The van der Waals surface area contributed by atoms with Crippen molar-refractivity contribution in [3.05, 3.63) is 58.1 Å². The third-order valence-electron chi connectivity index (χ3n) is 4.58. The summed E-state index contributed by atoms with van der Waals surface area (Å²) in [6, 6.07) is 9.54. The third kappa shape index (κ3) is 2.65. The van der Waals surface area contributed by atoms with Crippen LogP contribution in [0.4, 0.5) is 0 Å². The Morgan fingerprint density at radius 3 is 2.46 bits per heavy atom. The minimum absolute atomic E-state index is 0.216. The van der Waals surface area contributed by atoms with Crippen LogP contribution in [-0.2, 0) is 9.47 Å². The number of aryl methyl sites for hydroxylation is 2. The predicted molar refractivity (Wildman–Crippen MR) is 87.2 cm³/mol. The lowest BCUT2D eigenvalue weighted by Crippen LogP contribution is -2.10. The highest BCUT2D eigenvalue weighted by molar-refractivity contribution is 5.48. The van der Waals surface area contributed by atoms with Gasteiger partial charge in [0.25, 0.3) is 0 Å². The van der Waals surface area contributed by atoms with Crippen LogP contribution in [0.5, 0.6) is 11.5 Å². The molecule has 24 heavy (non-hydrogen) atoms. The monoisotopic (exact) mass is 328 g/mol. The summed E-state index contributed by atoms with van der Waals surface area (Å²) >= 11 is 0. The minimum Gasteiger partial charge on any atom is -0.454 e. The number of hydrogen-bond acceptors (Lipinski definition) is 5. The van der Waals surface area contributed by atoms with Crippen molar-refractivity contribution in [3.63, 3.8) is 0 Å². The van der Waals surface area contributed by atoms with Gasteiger partial charge in [-0.1, -0.05) is 18.2 Å². The van der Waals surface area contributed by atoms with Crippen LogP contribution in [0.2, 0.25) is 0 Å². The smallest absolute Gasteiger partial charge is 0.231 e. The van der Waals surface area contributed by atoms with Crippen molar-refractivity contribution >= 4 is 0 Å². The van der Waals surface area contributed by atoms with E-state index in [1.54, 1.807) is 0 Å². The van der Waals surface area contributed by atoms with Crippen LogP contribution < -0.4 is 9.47 Å². The maximum atomic E-state index is 11.0. The Morgan fingerprint density at radius 1 is 0.958 bits per heavy atom. The van der Waals surface area contributed by atoms with E-state index in [4.69, 9.17) is 18.9 Å². The molecule has 2 aliphatic heterocycles. The molecule has 4 rings (SSSR count). The van der Waals surface area contributed by atoms with Gasteiger partial charge in [0, 0.05) is 5.56 Å². The molecule has 0 aliphatic carbocycles. The summed E-state index contributed by atoms with van der Waals surface area (Å²) in [6.45, 7) is 5.43. The van der Waals surface area contributed by atoms with Gasteiger partial charge in [-0.3, -0.25) is 0 Å². The SMILES string of the molecule is Cc1cc(C2OCCO2)c(C(O)c2ccc3c(c2)OCO3)cc1C. The maximum Gasteiger partial charge on any atom is 0.231 e. The second-order valence-electron chi connectivity index (χ2n) is 6.15. The number of hydrogen-bond donors (Lipinski definition) is 1. The minimum atomic E-state index is -0.790. The van der Waals surface area contributed by atoms with E-state index in [1.807, 2.05) is 44.2 Å².